The Kier molecular flexibility index (Phi) is 7.70. The van der Waals surface area contributed by atoms with Crippen LogP contribution in [-0.4, -0.2) is 43.7 Å². The maximum atomic E-state index is 12.0. The molecule has 0 saturated carbocycles. The molecule has 0 aromatic heterocycles. The van der Waals surface area contributed by atoms with Gasteiger partial charge in [0.05, 0.1) is 6.61 Å². The first-order chi connectivity index (χ1) is 6.77. The summed E-state index contributed by atoms with van der Waals surface area (Å²) >= 11 is 0. The predicted octanol–water partition coefficient (Wildman–Crippen LogP) is 2.10. The molecule has 0 amide bonds. The van der Waals surface area contributed by atoms with Crippen molar-refractivity contribution in [3.63, 3.8) is 0 Å². The van der Waals surface area contributed by atoms with Crippen LogP contribution in [0.1, 0.15) is 19.8 Å². The molecular formula is C10H20ClFN2O. The molecule has 0 bridgehead atoms. The quantitative estimate of drug-likeness (QED) is 0.602. The van der Waals surface area contributed by atoms with Crippen LogP contribution in [0.3, 0.4) is 0 Å². The molecule has 90 valence electrons. The monoisotopic (exact) mass is 238 g/mol. The molecule has 1 aliphatic heterocycles. The van der Waals surface area contributed by atoms with Crippen LogP contribution in [0.25, 0.3) is 0 Å². The van der Waals surface area contributed by atoms with E-state index in [1.807, 2.05) is 6.92 Å². The van der Waals surface area contributed by atoms with E-state index >= 15 is 0 Å². The van der Waals surface area contributed by atoms with Crippen LogP contribution in [-0.2, 0) is 4.74 Å². The molecule has 0 radical (unpaired) electrons. The third kappa shape index (κ3) is 4.80. The van der Waals surface area contributed by atoms with E-state index in [1.54, 1.807) is 0 Å². The van der Waals surface area contributed by atoms with Crippen LogP contribution in [0, 0.1) is 11.3 Å². The standard InChI is InChI=1S/C10H19FN2O.ClH/c1-2-14-10(12)9-3-6-13(7-4-9)8-5-11;/h9,12H,2-8H2,1H3;1H. The van der Waals surface area contributed by atoms with Crippen molar-refractivity contribution in [1.82, 2.24) is 4.90 Å². The van der Waals surface area contributed by atoms with Crippen LogP contribution >= 0.6 is 12.4 Å². The SMILES string of the molecule is CCOC(=N)C1CCN(CCF)CC1.Cl. The minimum Gasteiger partial charge on any atom is -0.481 e. The Bertz CT molecular complexity index is 184. The molecule has 0 spiro atoms. The van der Waals surface area contributed by atoms with Crippen molar-refractivity contribution in [3.8, 4) is 0 Å². The highest BCUT2D eigenvalue weighted by molar-refractivity contribution is 5.85. The second kappa shape index (κ2) is 7.88. The summed E-state index contributed by atoms with van der Waals surface area (Å²) in [7, 11) is 0. The van der Waals surface area contributed by atoms with Crippen molar-refractivity contribution in [1.29, 1.82) is 5.41 Å². The lowest BCUT2D eigenvalue weighted by Crippen LogP contribution is -2.37. The van der Waals surface area contributed by atoms with E-state index in [0.29, 0.717) is 19.0 Å². The van der Waals surface area contributed by atoms with Gasteiger partial charge >= 0.3 is 0 Å². The number of hydrogen-bond acceptors (Lipinski definition) is 3. The topological polar surface area (TPSA) is 36.3 Å². The summed E-state index contributed by atoms with van der Waals surface area (Å²) in [5.74, 6) is 0.665. The van der Waals surface area contributed by atoms with Gasteiger partial charge in [-0.05, 0) is 32.9 Å². The Balaban J connectivity index is 0.00000196. The molecule has 1 aliphatic rings. The normalized spacial score (nSPS) is 18.3. The van der Waals surface area contributed by atoms with Gasteiger partial charge in [-0.3, -0.25) is 5.41 Å². The third-order valence-corrected chi connectivity index (χ3v) is 2.66. The highest BCUT2D eigenvalue weighted by Crippen LogP contribution is 2.18. The largest absolute Gasteiger partial charge is 0.481 e. The summed E-state index contributed by atoms with van der Waals surface area (Å²) in [5.41, 5.74) is 0. The van der Waals surface area contributed by atoms with Crippen molar-refractivity contribution >= 4 is 18.3 Å². The highest BCUT2D eigenvalue weighted by Gasteiger charge is 2.22. The van der Waals surface area contributed by atoms with Crippen LogP contribution in [0.2, 0.25) is 0 Å². The predicted molar refractivity (Wildman–Crippen MR) is 61.7 cm³/mol. The second-order valence-corrected chi connectivity index (χ2v) is 3.60. The molecule has 0 aliphatic carbocycles. The van der Waals surface area contributed by atoms with Gasteiger partial charge in [0.25, 0.3) is 0 Å². The Morgan fingerprint density at radius 2 is 2.07 bits per heavy atom. The summed E-state index contributed by atoms with van der Waals surface area (Å²) < 4.78 is 17.2. The molecule has 3 nitrogen and oxygen atoms in total. The van der Waals surface area contributed by atoms with E-state index in [4.69, 9.17) is 10.1 Å². The molecular weight excluding hydrogens is 219 g/mol. The van der Waals surface area contributed by atoms with Crippen LogP contribution in [0.4, 0.5) is 4.39 Å². The lowest BCUT2D eigenvalue weighted by atomic mass is 9.97. The van der Waals surface area contributed by atoms with Crippen LogP contribution < -0.4 is 0 Å². The maximum Gasteiger partial charge on any atom is 0.183 e. The number of alkyl halides is 1. The van der Waals surface area contributed by atoms with Crippen molar-refractivity contribution in [2.75, 3.05) is 32.9 Å². The fourth-order valence-corrected chi connectivity index (χ4v) is 1.81. The first-order valence-electron chi connectivity index (χ1n) is 5.27. The first-order valence-corrected chi connectivity index (χ1v) is 5.27. The van der Waals surface area contributed by atoms with Gasteiger partial charge in [0.1, 0.15) is 6.67 Å². The van der Waals surface area contributed by atoms with Gasteiger partial charge in [0, 0.05) is 12.5 Å². The molecule has 0 atom stereocenters. The Hall–Kier alpha value is -0.350. The number of hydrogen-bond donors (Lipinski definition) is 1. The molecule has 1 N–H and O–H groups in total. The average Bonchev–Trinajstić information content (AvgIpc) is 2.20. The minimum absolute atomic E-state index is 0. The number of nitrogens with zero attached hydrogens (tertiary/aromatic N) is 1. The van der Waals surface area contributed by atoms with E-state index in [-0.39, 0.29) is 25.0 Å². The number of rotatable bonds is 4. The summed E-state index contributed by atoms with van der Waals surface area (Å²) in [4.78, 5) is 2.11. The minimum atomic E-state index is -0.270. The summed E-state index contributed by atoms with van der Waals surface area (Å²) in [5, 5.41) is 7.64. The van der Waals surface area contributed by atoms with E-state index in [1.165, 1.54) is 0 Å². The molecule has 15 heavy (non-hydrogen) atoms. The van der Waals surface area contributed by atoms with Gasteiger partial charge in [0.15, 0.2) is 5.90 Å². The smallest absolute Gasteiger partial charge is 0.183 e. The van der Waals surface area contributed by atoms with Gasteiger partial charge in [-0.2, -0.15) is 0 Å². The number of piperidine rings is 1. The first kappa shape index (κ1) is 14.6. The third-order valence-electron chi connectivity index (χ3n) is 2.66. The molecule has 0 unspecified atom stereocenters. The molecule has 1 saturated heterocycles. The second-order valence-electron chi connectivity index (χ2n) is 3.60. The van der Waals surface area contributed by atoms with Crippen molar-refractivity contribution in [2.24, 2.45) is 5.92 Å². The number of ether oxygens (including phenoxy) is 1. The summed E-state index contributed by atoms with van der Waals surface area (Å²) in [6.07, 6.45) is 1.86. The molecule has 1 rings (SSSR count). The molecule has 0 aromatic rings. The van der Waals surface area contributed by atoms with Gasteiger partial charge in [-0.25, -0.2) is 4.39 Å². The molecule has 1 fully saturated rings. The zero-order chi connectivity index (χ0) is 10.4. The summed E-state index contributed by atoms with van der Waals surface area (Å²) in [6, 6.07) is 0. The van der Waals surface area contributed by atoms with Gasteiger partial charge in [-0.1, -0.05) is 0 Å². The van der Waals surface area contributed by atoms with Crippen molar-refractivity contribution < 1.29 is 9.13 Å². The van der Waals surface area contributed by atoms with E-state index in [2.05, 4.69) is 4.90 Å². The van der Waals surface area contributed by atoms with Crippen molar-refractivity contribution in [3.05, 3.63) is 0 Å². The fraction of sp³-hybridized carbons (Fsp3) is 0.900. The summed E-state index contributed by atoms with van der Waals surface area (Å²) in [6.45, 7) is 4.52. The number of likely N-dealkylation sites (tertiary alicyclic amines) is 1. The average molecular weight is 239 g/mol. The Morgan fingerprint density at radius 3 is 2.53 bits per heavy atom. The number of halogens is 2. The molecule has 1 heterocycles. The molecule has 5 heteroatoms. The van der Waals surface area contributed by atoms with Crippen molar-refractivity contribution in [2.45, 2.75) is 19.8 Å². The zero-order valence-corrected chi connectivity index (χ0v) is 9.99. The van der Waals surface area contributed by atoms with Gasteiger partial charge < -0.3 is 9.64 Å². The van der Waals surface area contributed by atoms with Crippen LogP contribution in [0.5, 0.6) is 0 Å². The van der Waals surface area contributed by atoms with E-state index < -0.39 is 0 Å². The van der Waals surface area contributed by atoms with E-state index in [0.717, 1.165) is 25.9 Å². The maximum absolute atomic E-state index is 12.0. The highest BCUT2D eigenvalue weighted by atomic mass is 35.5. The lowest BCUT2D eigenvalue weighted by Gasteiger charge is -2.30. The number of nitrogens with one attached hydrogen (secondary N) is 1. The fourth-order valence-electron chi connectivity index (χ4n) is 1.81. The Labute approximate surface area is 96.9 Å². The van der Waals surface area contributed by atoms with Gasteiger partial charge in [0.2, 0.25) is 0 Å². The van der Waals surface area contributed by atoms with E-state index in [9.17, 15) is 4.39 Å². The van der Waals surface area contributed by atoms with Crippen LogP contribution in [0.15, 0.2) is 0 Å². The molecule has 0 aromatic carbocycles. The lowest BCUT2D eigenvalue weighted by molar-refractivity contribution is 0.178. The Morgan fingerprint density at radius 1 is 1.47 bits per heavy atom. The zero-order valence-electron chi connectivity index (χ0n) is 9.17. The van der Waals surface area contributed by atoms with Gasteiger partial charge in [-0.15, -0.1) is 12.4 Å².